The van der Waals surface area contributed by atoms with E-state index in [1.807, 2.05) is 20.9 Å². The number of hydrogen-bond donors (Lipinski definition) is 1. The summed E-state index contributed by atoms with van der Waals surface area (Å²) < 4.78 is 10.9. The first-order chi connectivity index (χ1) is 8.60. The summed E-state index contributed by atoms with van der Waals surface area (Å²) in [5.74, 6) is 2.51. The standard InChI is InChI=1S/C13H23N3O2/c1-6-17-7-8-18-13-10(4)12(14-5)15-11(16-13)9(2)3/h9H,6-8H2,1-5H3,(H,14,15,16). The van der Waals surface area contributed by atoms with Gasteiger partial charge in [-0.15, -0.1) is 0 Å². The first kappa shape index (κ1) is 14.7. The number of nitrogens with one attached hydrogen (secondary N) is 1. The summed E-state index contributed by atoms with van der Waals surface area (Å²) in [6.07, 6.45) is 0. The van der Waals surface area contributed by atoms with Gasteiger partial charge in [0, 0.05) is 19.6 Å². The van der Waals surface area contributed by atoms with Crippen LogP contribution in [0.15, 0.2) is 0 Å². The summed E-state index contributed by atoms with van der Waals surface area (Å²) >= 11 is 0. The Morgan fingerprint density at radius 2 is 1.94 bits per heavy atom. The lowest BCUT2D eigenvalue weighted by Crippen LogP contribution is -2.11. The molecule has 1 rings (SSSR count). The van der Waals surface area contributed by atoms with E-state index in [-0.39, 0.29) is 5.92 Å². The van der Waals surface area contributed by atoms with Gasteiger partial charge in [0.15, 0.2) is 0 Å². The smallest absolute Gasteiger partial charge is 0.221 e. The van der Waals surface area contributed by atoms with Crippen molar-refractivity contribution in [3.63, 3.8) is 0 Å². The van der Waals surface area contributed by atoms with Crippen LogP contribution in [0.1, 0.15) is 38.1 Å². The Morgan fingerprint density at radius 3 is 2.50 bits per heavy atom. The highest BCUT2D eigenvalue weighted by atomic mass is 16.5. The van der Waals surface area contributed by atoms with Gasteiger partial charge in [0.1, 0.15) is 18.2 Å². The molecule has 0 aliphatic rings. The number of hydrogen-bond acceptors (Lipinski definition) is 5. The fourth-order valence-corrected chi connectivity index (χ4v) is 1.50. The second-order valence-corrected chi connectivity index (χ2v) is 4.31. The first-order valence-electron chi connectivity index (χ1n) is 6.37. The van der Waals surface area contributed by atoms with E-state index in [2.05, 4.69) is 29.1 Å². The van der Waals surface area contributed by atoms with Crippen molar-refractivity contribution in [1.29, 1.82) is 0 Å². The van der Waals surface area contributed by atoms with Gasteiger partial charge in [-0.2, -0.15) is 4.98 Å². The van der Waals surface area contributed by atoms with Gasteiger partial charge < -0.3 is 14.8 Å². The van der Waals surface area contributed by atoms with Crippen LogP contribution in [0.3, 0.4) is 0 Å². The van der Waals surface area contributed by atoms with Crippen molar-refractivity contribution >= 4 is 5.82 Å². The Bertz CT molecular complexity index is 381. The third-order valence-electron chi connectivity index (χ3n) is 2.54. The van der Waals surface area contributed by atoms with E-state index in [1.165, 1.54) is 0 Å². The van der Waals surface area contributed by atoms with Crippen LogP contribution in [0, 0.1) is 6.92 Å². The topological polar surface area (TPSA) is 56.3 Å². The molecule has 0 aliphatic carbocycles. The van der Waals surface area contributed by atoms with Crippen LogP contribution in [-0.4, -0.2) is 36.8 Å². The van der Waals surface area contributed by atoms with Crippen LogP contribution in [0.25, 0.3) is 0 Å². The third-order valence-corrected chi connectivity index (χ3v) is 2.54. The minimum Gasteiger partial charge on any atom is -0.475 e. The number of ether oxygens (including phenoxy) is 2. The number of nitrogens with zero attached hydrogens (tertiary/aromatic N) is 2. The summed E-state index contributed by atoms with van der Waals surface area (Å²) in [5.41, 5.74) is 0.929. The summed E-state index contributed by atoms with van der Waals surface area (Å²) in [5, 5.41) is 3.07. The lowest BCUT2D eigenvalue weighted by molar-refractivity contribution is 0.108. The highest BCUT2D eigenvalue weighted by Crippen LogP contribution is 2.24. The lowest BCUT2D eigenvalue weighted by Gasteiger charge is -2.14. The molecule has 0 bridgehead atoms. The monoisotopic (exact) mass is 253 g/mol. The molecule has 1 heterocycles. The minimum atomic E-state index is 0.270. The normalized spacial score (nSPS) is 10.8. The second kappa shape index (κ2) is 7.16. The highest BCUT2D eigenvalue weighted by Gasteiger charge is 2.13. The second-order valence-electron chi connectivity index (χ2n) is 4.31. The molecule has 0 saturated carbocycles. The van der Waals surface area contributed by atoms with Gasteiger partial charge in [-0.05, 0) is 13.8 Å². The van der Waals surface area contributed by atoms with E-state index >= 15 is 0 Å². The lowest BCUT2D eigenvalue weighted by atomic mass is 10.2. The molecule has 0 unspecified atom stereocenters. The van der Waals surface area contributed by atoms with Gasteiger partial charge in [0.25, 0.3) is 0 Å². The van der Waals surface area contributed by atoms with Crippen molar-refractivity contribution in [2.45, 2.75) is 33.6 Å². The van der Waals surface area contributed by atoms with Crippen LogP contribution in [0.4, 0.5) is 5.82 Å². The Kier molecular flexibility index (Phi) is 5.85. The molecule has 5 nitrogen and oxygen atoms in total. The zero-order valence-electron chi connectivity index (χ0n) is 11.9. The Morgan fingerprint density at radius 1 is 1.22 bits per heavy atom. The van der Waals surface area contributed by atoms with Crippen LogP contribution in [0.5, 0.6) is 5.88 Å². The SMILES string of the molecule is CCOCCOc1nc(C(C)C)nc(NC)c1C. The Balaban J connectivity index is 2.84. The predicted molar refractivity (Wildman–Crippen MR) is 72.4 cm³/mol. The Labute approximate surface area is 109 Å². The molecular formula is C13H23N3O2. The number of anilines is 1. The molecule has 0 radical (unpaired) electrons. The van der Waals surface area contributed by atoms with Crippen molar-refractivity contribution in [2.75, 3.05) is 32.2 Å². The van der Waals surface area contributed by atoms with Gasteiger partial charge >= 0.3 is 0 Å². The average molecular weight is 253 g/mol. The van der Waals surface area contributed by atoms with Gasteiger partial charge in [-0.1, -0.05) is 13.8 Å². The molecule has 0 aromatic carbocycles. The van der Waals surface area contributed by atoms with Crippen molar-refractivity contribution < 1.29 is 9.47 Å². The van der Waals surface area contributed by atoms with Crippen molar-refractivity contribution in [3.8, 4) is 5.88 Å². The molecule has 0 spiro atoms. The fourth-order valence-electron chi connectivity index (χ4n) is 1.50. The van der Waals surface area contributed by atoms with Crippen LogP contribution in [0.2, 0.25) is 0 Å². The maximum atomic E-state index is 5.66. The van der Waals surface area contributed by atoms with Crippen LogP contribution < -0.4 is 10.1 Å². The zero-order valence-corrected chi connectivity index (χ0v) is 11.9. The predicted octanol–water partition coefficient (Wildman–Crippen LogP) is 2.37. The molecule has 5 heteroatoms. The van der Waals surface area contributed by atoms with Gasteiger partial charge in [0.05, 0.1) is 12.2 Å². The zero-order chi connectivity index (χ0) is 13.5. The Hall–Kier alpha value is -1.36. The molecule has 1 N–H and O–H groups in total. The van der Waals surface area contributed by atoms with E-state index in [4.69, 9.17) is 9.47 Å². The molecule has 0 fully saturated rings. The maximum absolute atomic E-state index is 5.66. The molecular weight excluding hydrogens is 230 g/mol. The largest absolute Gasteiger partial charge is 0.475 e. The van der Waals surface area contributed by atoms with E-state index in [0.29, 0.717) is 25.7 Å². The van der Waals surface area contributed by atoms with E-state index in [0.717, 1.165) is 17.2 Å². The van der Waals surface area contributed by atoms with Gasteiger partial charge in [-0.25, -0.2) is 4.98 Å². The van der Waals surface area contributed by atoms with Crippen LogP contribution in [-0.2, 0) is 4.74 Å². The molecule has 102 valence electrons. The highest BCUT2D eigenvalue weighted by molar-refractivity contribution is 5.48. The third kappa shape index (κ3) is 3.84. The fraction of sp³-hybridized carbons (Fsp3) is 0.692. The summed E-state index contributed by atoms with van der Waals surface area (Å²) in [7, 11) is 1.85. The quantitative estimate of drug-likeness (QED) is 0.756. The van der Waals surface area contributed by atoms with Crippen LogP contribution >= 0.6 is 0 Å². The van der Waals surface area contributed by atoms with E-state index in [9.17, 15) is 0 Å². The molecule has 0 saturated heterocycles. The van der Waals surface area contributed by atoms with E-state index in [1.54, 1.807) is 0 Å². The number of rotatable bonds is 7. The van der Waals surface area contributed by atoms with Crippen molar-refractivity contribution in [1.82, 2.24) is 9.97 Å². The molecule has 0 amide bonds. The van der Waals surface area contributed by atoms with E-state index < -0.39 is 0 Å². The van der Waals surface area contributed by atoms with Crippen molar-refractivity contribution in [3.05, 3.63) is 11.4 Å². The van der Waals surface area contributed by atoms with Gasteiger partial charge in [0.2, 0.25) is 5.88 Å². The van der Waals surface area contributed by atoms with Gasteiger partial charge in [-0.3, -0.25) is 0 Å². The molecule has 1 aromatic rings. The molecule has 0 atom stereocenters. The average Bonchev–Trinajstić information content (AvgIpc) is 2.36. The summed E-state index contributed by atoms with van der Waals surface area (Å²) in [6, 6.07) is 0. The summed E-state index contributed by atoms with van der Waals surface area (Å²) in [4.78, 5) is 8.91. The number of aromatic nitrogens is 2. The minimum absolute atomic E-state index is 0.270. The molecule has 1 aromatic heterocycles. The summed E-state index contributed by atoms with van der Waals surface area (Å²) in [6.45, 7) is 9.82. The maximum Gasteiger partial charge on any atom is 0.221 e. The molecule has 18 heavy (non-hydrogen) atoms. The van der Waals surface area contributed by atoms with Crippen molar-refractivity contribution in [2.24, 2.45) is 0 Å². The first-order valence-corrected chi connectivity index (χ1v) is 6.37. The molecule has 0 aliphatic heterocycles.